The zero-order chi connectivity index (χ0) is 14.5. The van der Waals surface area contributed by atoms with Gasteiger partial charge in [-0.15, -0.1) is 0 Å². The van der Waals surface area contributed by atoms with E-state index in [2.05, 4.69) is 5.32 Å². The first-order valence-corrected chi connectivity index (χ1v) is 6.85. The van der Waals surface area contributed by atoms with Gasteiger partial charge in [-0.1, -0.05) is 30.5 Å². The van der Waals surface area contributed by atoms with Crippen LogP contribution in [0.25, 0.3) is 6.08 Å². The molecule has 0 saturated heterocycles. The highest BCUT2D eigenvalue weighted by Crippen LogP contribution is 2.33. The summed E-state index contributed by atoms with van der Waals surface area (Å²) in [7, 11) is 0. The van der Waals surface area contributed by atoms with Crippen molar-refractivity contribution in [2.45, 2.75) is 25.3 Å². The first-order chi connectivity index (χ1) is 9.58. The number of hydrogen-bond donors (Lipinski definition) is 1. The Morgan fingerprint density at radius 3 is 2.85 bits per heavy atom. The van der Waals surface area contributed by atoms with Crippen LogP contribution in [0.3, 0.4) is 0 Å². The zero-order valence-electron chi connectivity index (χ0n) is 10.8. The molecule has 1 saturated carbocycles. The van der Waals surface area contributed by atoms with Gasteiger partial charge < -0.3 is 10.1 Å². The first-order valence-electron chi connectivity index (χ1n) is 6.47. The molecule has 0 bridgehead atoms. The number of hydrogen-bond acceptors (Lipinski definition) is 2. The van der Waals surface area contributed by atoms with Crippen molar-refractivity contribution in [3.8, 4) is 0 Å². The summed E-state index contributed by atoms with van der Waals surface area (Å²) in [4.78, 5) is 22.5. The Labute approximate surface area is 121 Å². The van der Waals surface area contributed by atoms with Crippen LogP contribution in [0.15, 0.2) is 24.3 Å². The second-order valence-corrected chi connectivity index (χ2v) is 5.37. The second-order valence-electron chi connectivity index (χ2n) is 4.93. The molecule has 0 spiro atoms. The fourth-order valence-electron chi connectivity index (χ4n) is 1.89. The molecule has 1 amide bonds. The van der Waals surface area contributed by atoms with Gasteiger partial charge in [-0.25, -0.2) is 4.39 Å². The average molecular weight is 296 g/mol. The lowest BCUT2D eigenvalue weighted by Crippen LogP contribution is -2.35. The molecule has 1 aliphatic carbocycles. The van der Waals surface area contributed by atoms with E-state index in [0.717, 1.165) is 19.1 Å². The lowest BCUT2D eigenvalue weighted by molar-refractivity contribution is -0.120. The summed E-state index contributed by atoms with van der Waals surface area (Å²) >= 11 is 5.64. The monoisotopic (exact) mass is 295 g/mol. The summed E-state index contributed by atoms with van der Waals surface area (Å²) in [6.45, 7) is 0. The van der Waals surface area contributed by atoms with Crippen LogP contribution in [-0.4, -0.2) is 18.2 Å². The third-order valence-corrected chi connectivity index (χ3v) is 3.39. The van der Waals surface area contributed by atoms with Crippen molar-refractivity contribution in [3.63, 3.8) is 0 Å². The van der Waals surface area contributed by atoms with Crippen molar-refractivity contribution in [1.29, 1.82) is 0 Å². The second kappa shape index (κ2) is 6.66. The Morgan fingerprint density at radius 1 is 1.50 bits per heavy atom. The fraction of sp³-hybridized carbons (Fsp3) is 0.333. The van der Waals surface area contributed by atoms with Crippen LogP contribution in [-0.2, 0) is 9.59 Å². The third kappa shape index (κ3) is 4.46. The zero-order valence-corrected chi connectivity index (χ0v) is 11.6. The van der Waals surface area contributed by atoms with Gasteiger partial charge in [-0.3, -0.25) is 4.79 Å². The van der Waals surface area contributed by atoms with Crippen molar-refractivity contribution in [2.75, 3.05) is 0 Å². The van der Waals surface area contributed by atoms with Crippen molar-refractivity contribution >= 4 is 29.9 Å². The number of amides is 1. The minimum atomic E-state index is -0.494. The maximum absolute atomic E-state index is 13.5. The minimum absolute atomic E-state index is 0.273. The van der Waals surface area contributed by atoms with Gasteiger partial charge in [0.05, 0.1) is 6.04 Å². The van der Waals surface area contributed by atoms with E-state index in [1.54, 1.807) is 6.07 Å². The van der Waals surface area contributed by atoms with E-state index in [0.29, 0.717) is 17.4 Å². The molecule has 1 atom stereocenters. The van der Waals surface area contributed by atoms with Gasteiger partial charge in [0, 0.05) is 16.7 Å². The predicted octanol–water partition coefficient (Wildman–Crippen LogP) is 2.98. The van der Waals surface area contributed by atoms with Crippen LogP contribution in [0.4, 0.5) is 4.39 Å². The van der Waals surface area contributed by atoms with Gasteiger partial charge in [-0.2, -0.15) is 0 Å². The van der Waals surface area contributed by atoms with Gasteiger partial charge in [-0.05, 0) is 30.5 Å². The molecule has 0 heterocycles. The third-order valence-electron chi connectivity index (χ3n) is 3.15. The Balaban J connectivity index is 1.92. The van der Waals surface area contributed by atoms with Crippen molar-refractivity contribution in [2.24, 2.45) is 5.92 Å². The summed E-state index contributed by atoms with van der Waals surface area (Å²) in [6, 6.07) is 3.75. The van der Waals surface area contributed by atoms with Gasteiger partial charge >= 0.3 is 0 Å². The van der Waals surface area contributed by atoms with E-state index in [-0.39, 0.29) is 5.56 Å². The molecule has 1 aromatic rings. The van der Waals surface area contributed by atoms with E-state index in [4.69, 9.17) is 11.6 Å². The maximum Gasteiger partial charge on any atom is 0.244 e. The minimum Gasteiger partial charge on any atom is -0.343 e. The highest BCUT2D eigenvalue weighted by atomic mass is 35.5. The van der Waals surface area contributed by atoms with Gasteiger partial charge in [0.2, 0.25) is 5.91 Å². The molecule has 1 aromatic carbocycles. The normalized spacial score (nSPS) is 16.1. The van der Waals surface area contributed by atoms with Crippen LogP contribution in [0, 0.1) is 11.7 Å². The number of carbonyl (C=O) groups excluding carboxylic acids is 2. The van der Waals surface area contributed by atoms with E-state index in [1.807, 2.05) is 0 Å². The molecule has 0 aromatic heterocycles. The van der Waals surface area contributed by atoms with Gasteiger partial charge in [0.25, 0.3) is 0 Å². The Morgan fingerprint density at radius 2 is 2.25 bits per heavy atom. The Kier molecular flexibility index (Phi) is 4.90. The number of aldehydes is 1. The molecule has 3 nitrogen and oxygen atoms in total. The van der Waals surface area contributed by atoms with Crippen LogP contribution >= 0.6 is 11.6 Å². The fourth-order valence-corrected chi connectivity index (χ4v) is 2.05. The number of carbonyl (C=O) groups is 2. The highest BCUT2D eigenvalue weighted by molar-refractivity contribution is 6.30. The van der Waals surface area contributed by atoms with E-state index < -0.39 is 17.8 Å². The van der Waals surface area contributed by atoms with E-state index >= 15 is 0 Å². The molecule has 1 N–H and O–H groups in total. The first kappa shape index (κ1) is 14.7. The molecule has 1 fully saturated rings. The van der Waals surface area contributed by atoms with Crippen LogP contribution in [0.5, 0.6) is 0 Å². The van der Waals surface area contributed by atoms with Crippen LogP contribution in [0.2, 0.25) is 5.02 Å². The van der Waals surface area contributed by atoms with Gasteiger partial charge in [0.15, 0.2) is 0 Å². The molecule has 5 heteroatoms. The average Bonchev–Trinajstić information content (AvgIpc) is 3.21. The molecule has 0 radical (unpaired) electrons. The summed E-state index contributed by atoms with van der Waals surface area (Å²) in [6.07, 6.45) is 6.24. The Bertz CT molecular complexity index is 541. The standard InChI is InChI=1S/C15H15ClFNO2/c16-12-5-3-11(14(17)8-12)4-6-15(20)18-13(9-19)7-10-1-2-10/h3-6,8-10,13H,1-2,7H2,(H,18,20)/b6-4+/t13-/m0/s1. The van der Waals surface area contributed by atoms with Gasteiger partial charge in [0.1, 0.15) is 12.1 Å². The smallest absolute Gasteiger partial charge is 0.244 e. The predicted molar refractivity (Wildman–Crippen MR) is 75.8 cm³/mol. The molecule has 20 heavy (non-hydrogen) atoms. The summed E-state index contributed by atoms with van der Waals surface area (Å²) in [5, 5.41) is 2.90. The maximum atomic E-state index is 13.5. The summed E-state index contributed by atoms with van der Waals surface area (Å²) in [5.41, 5.74) is 0.273. The lowest BCUT2D eigenvalue weighted by Gasteiger charge is -2.09. The number of benzene rings is 1. The van der Waals surface area contributed by atoms with Crippen molar-refractivity contribution < 1.29 is 14.0 Å². The molecule has 2 rings (SSSR count). The number of halogens is 2. The largest absolute Gasteiger partial charge is 0.343 e. The van der Waals surface area contributed by atoms with Crippen molar-refractivity contribution in [3.05, 3.63) is 40.7 Å². The molecular formula is C15H15ClFNO2. The summed E-state index contributed by atoms with van der Waals surface area (Å²) in [5.74, 6) is -0.355. The number of rotatable bonds is 6. The SMILES string of the molecule is O=C[C@H](CC1CC1)NC(=O)/C=C/c1ccc(Cl)cc1F. The Hall–Kier alpha value is -1.68. The lowest BCUT2D eigenvalue weighted by atomic mass is 10.1. The molecular weight excluding hydrogens is 281 g/mol. The quantitative estimate of drug-likeness (QED) is 0.648. The molecule has 0 aliphatic heterocycles. The van der Waals surface area contributed by atoms with E-state index in [1.165, 1.54) is 24.3 Å². The van der Waals surface area contributed by atoms with Crippen molar-refractivity contribution in [1.82, 2.24) is 5.32 Å². The molecule has 0 unspecified atom stereocenters. The van der Waals surface area contributed by atoms with E-state index in [9.17, 15) is 14.0 Å². The molecule has 1 aliphatic rings. The highest BCUT2D eigenvalue weighted by Gasteiger charge is 2.25. The molecule has 106 valence electrons. The van der Waals surface area contributed by atoms with Crippen LogP contribution < -0.4 is 5.32 Å². The summed E-state index contributed by atoms with van der Waals surface area (Å²) < 4.78 is 13.5. The number of nitrogens with one attached hydrogen (secondary N) is 1. The topological polar surface area (TPSA) is 46.2 Å². The van der Waals surface area contributed by atoms with Crippen LogP contribution in [0.1, 0.15) is 24.8 Å².